The molecule has 25 heavy (non-hydrogen) atoms. The van der Waals surface area contributed by atoms with E-state index in [-0.39, 0.29) is 18.6 Å². The van der Waals surface area contributed by atoms with Gasteiger partial charge in [-0.3, -0.25) is 4.79 Å². The Morgan fingerprint density at radius 1 is 1.12 bits per heavy atom. The van der Waals surface area contributed by atoms with Gasteiger partial charge in [0.05, 0.1) is 6.61 Å². The first-order valence-corrected chi connectivity index (χ1v) is 8.94. The smallest absolute Gasteiger partial charge is 0.222 e. The van der Waals surface area contributed by atoms with Crippen LogP contribution in [0.15, 0.2) is 48.5 Å². The first kappa shape index (κ1) is 17.6. The number of carbonyl (C=O) groups excluding carboxylic acids is 1. The predicted octanol–water partition coefficient (Wildman–Crippen LogP) is 3.15. The molecule has 0 saturated carbocycles. The largest absolute Gasteiger partial charge is 0.392 e. The van der Waals surface area contributed by atoms with Crippen molar-refractivity contribution in [2.75, 3.05) is 6.54 Å². The first-order valence-electron chi connectivity index (χ1n) is 8.94. The zero-order valence-corrected chi connectivity index (χ0v) is 14.7. The Morgan fingerprint density at radius 3 is 2.64 bits per heavy atom. The van der Waals surface area contributed by atoms with Crippen LogP contribution in [-0.2, 0) is 24.5 Å². The fourth-order valence-corrected chi connectivity index (χ4v) is 3.28. The topological polar surface area (TPSA) is 52.6 Å². The van der Waals surface area contributed by atoms with Crippen LogP contribution in [0.2, 0.25) is 0 Å². The quantitative estimate of drug-likeness (QED) is 0.815. The molecular formula is C21H26N2O2. The predicted molar refractivity (Wildman–Crippen MR) is 98.7 cm³/mol. The molecule has 4 nitrogen and oxygen atoms in total. The normalized spacial score (nSPS) is 15.6. The third-order valence-electron chi connectivity index (χ3n) is 4.78. The fourth-order valence-electron chi connectivity index (χ4n) is 3.28. The van der Waals surface area contributed by atoms with Gasteiger partial charge in [-0.15, -0.1) is 0 Å². The second-order valence-corrected chi connectivity index (χ2v) is 6.74. The highest BCUT2D eigenvalue weighted by atomic mass is 16.3. The molecule has 0 aliphatic carbocycles. The molecule has 1 unspecified atom stereocenters. The number of aliphatic hydroxyl groups excluding tert-OH is 1. The van der Waals surface area contributed by atoms with Gasteiger partial charge in [0.25, 0.3) is 0 Å². The summed E-state index contributed by atoms with van der Waals surface area (Å²) in [5, 5.41) is 12.8. The Bertz CT molecular complexity index is 729. The highest BCUT2D eigenvalue weighted by Gasteiger charge is 2.19. The second-order valence-electron chi connectivity index (χ2n) is 6.74. The number of hydrogen-bond donors (Lipinski definition) is 2. The maximum Gasteiger partial charge on any atom is 0.222 e. The summed E-state index contributed by atoms with van der Waals surface area (Å²) in [5.41, 5.74) is 4.51. The molecule has 1 atom stereocenters. The second kappa shape index (κ2) is 8.28. The van der Waals surface area contributed by atoms with E-state index in [9.17, 15) is 9.90 Å². The van der Waals surface area contributed by atoms with Gasteiger partial charge in [-0.2, -0.15) is 0 Å². The van der Waals surface area contributed by atoms with Gasteiger partial charge in [0, 0.05) is 32.1 Å². The third kappa shape index (κ3) is 4.68. The summed E-state index contributed by atoms with van der Waals surface area (Å²) < 4.78 is 0. The van der Waals surface area contributed by atoms with Crippen LogP contribution in [0.25, 0.3) is 0 Å². The molecule has 0 aromatic heterocycles. The molecular weight excluding hydrogens is 312 g/mol. The van der Waals surface area contributed by atoms with E-state index < -0.39 is 0 Å². The lowest BCUT2D eigenvalue weighted by atomic mass is 10.0. The standard InChI is InChI=1S/C21H26N2O2/c1-16(20-8-3-7-19(12-20)15-24)22-13-17-5-2-6-18(11-17)14-23-10-4-9-21(23)25/h2-3,5-8,11-12,16,22,24H,4,9-10,13-15H2,1H3. The van der Waals surface area contributed by atoms with Crippen LogP contribution in [0, 0.1) is 0 Å². The molecule has 1 amide bonds. The van der Waals surface area contributed by atoms with Crippen LogP contribution in [-0.4, -0.2) is 22.5 Å². The highest BCUT2D eigenvalue weighted by Crippen LogP contribution is 2.17. The maximum absolute atomic E-state index is 11.8. The summed E-state index contributed by atoms with van der Waals surface area (Å²) in [6, 6.07) is 16.7. The van der Waals surface area contributed by atoms with Crippen LogP contribution in [0.3, 0.4) is 0 Å². The number of likely N-dealkylation sites (tertiary alicyclic amines) is 1. The molecule has 0 spiro atoms. The minimum atomic E-state index is 0.0673. The van der Waals surface area contributed by atoms with Gasteiger partial charge in [-0.1, -0.05) is 48.5 Å². The van der Waals surface area contributed by atoms with E-state index in [1.54, 1.807) is 0 Å². The summed E-state index contributed by atoms with van der Waals surface area (Å²) in [6.07, 6.45) is 1.66. The molecule has 4 heteroatoms. The molecule has 1 fully saturated rings. The van der Waals surface area contributed by atoms with Crippen LogP contribution in [0.5, 0.6) is 0 Å². The average Bonchev–Trinajstić information content (AvgIpc) is 3.04. The lowest BCUT2D eigenvalue weighted by Gasteiger charge is -2.17. The molecule has 1 saturated heterocycles. The van der Waals surface area contributed by atoms with Gasteiger partial charge in [-0.05, 0) is 35.6 Å². The van der Waals surface area contributed by atoms with E-state index in [0.717, 1.165) is 25.1 Å². The Kier molecular flexibility index (Phi) is 5.84. The van der Waals surface area contributed by atoms with Crippen molar-refractivity contribution in [3.63, 3.8) is 0 Å². The third-order valence-corrected chi connectivity index (χ3v) is 4.78. The number of rotatable bonds is 7. The van der Waals surface area contributed by atoms with Crippen molar-refractivity contribution in [1.82, 2.24) is 10.2 Å². The van der Waals surface area contributed by atoms with Crippen molar-refractivity contribution in [1.29, 1.82) is 0 Å². The lowest BCUT2D eigenvalue weighted by molar-refractivity contribution is -0.128. The Morgan fingerprint density at radius 2 is 1.88 bits per heavy atom. The molecule has 1 aliphatic rings. The van der Waals surface area contributed by atoms with Crippen molar-refractivity contribution in [2.24, 2.45) is 0 Å². The number of hydrogen-bond acceptors (Lipinski definition) is 3. The molecule has 0 radical (unpaired) electrons. The molecule has 1 aliphatic heterocycles. The van der Waals surface area contributed by atoms with Crippen molar-refractivity contribution in [3.8, 4) is 0 Å². The number of nitrogens with zero attached hydrogens (tertiary/aromatic N) is 1. The first-order chi connectivity index (χ1) is 12.2. The average molecular weight is 338 g/mol. The summed E-state index contributed by atoms with van der Waals surface area (Å²) in [4.78, 5) is 13.7. The highest BCUT2D eigenvalue weighted by molar-refractivity contribution is 5.78. The monoisotopic (exact) mass is 338 g/mol. The summed E-state index contributed by atoms with van der Waals surface area (Å²) >= 11 is 0. The van der Waals surface area contributed by atoms with E-state index >= 15 is 0 Å². The van der Waals surface area contributed by atoms with Crippen molar-refractivity contribution in [2.45, 2.75) is 45.5 Å². The van der Waals surface area contributed by atoms with Crippen molar-refractivity contribution >= 4 is 5.91 Å². The Labute approximate surface area is 149 Å². The van der Waals surface area contributed by atoms with Crippen molar-refractivity contribution in [3.05, 3.63) is 70.8 Å². The van der Waals surface area contributed by atoms with E-state index in [1.807, 2.05) is 23.1 Å². The molecule has 1 heterocycles. The molecule has 2 aromatic carbocycles. The lowest BCUT2D eigenvalue weighted by Crippen LogP contribution is -2.24. The zero-order valence-electron chi connectivity index (χ0n) is 14.7. The number of carbonyl (C=O) groups is 1. The maximum atomic E-state index is 11.8. The van der Waals surface area contributed by atoms with Gasteiger partial charge in [0.15, 0.2) is 0 Å². The van der Waals surface area contributed by atoms with Gasteiger partial charge < -0.3 is 15.3 Å². The summed E-state index contributed by atoms with van der Waals surface area (Å²) in [6.45, 7) is 4.55. The molecule has 132 valence electrons. The van der Waals surface area contributed by atoms with Crippen LogP contribution in [0.4, 0.5) is 0 Å². The molecule has 2 aromatic rings. The van der Waals surface area contributed by atoms with Crippen LogP contribution in [0.1, 0.15) is 48.1 Å². The number of aliphatic hydroxyl groups is 1. The van der Waals surface area contributed by atoms with Crippen LogP contribution < -0.4 is 5.32 Å². The van der Waals surface area contributed by atoms with Gasteiger partial charge in [-0.25, -0.2) is 0 Å². The van der Waals surface area contributed by atoms with E-state index in [4.69, 9.17) is 0 Å². The number of benzene rings is 2. The van der Waals surface area contributed by atoms with E-state index in [2.05, 4.69) is 42.6 Å². The Hall–Kier alpha value is -2.17. The van der Waals surface area contributed by atoms with Gasteiger partial charge in [0.1, 0.15) is 0 Å². The zero-order chi connectivity index (χ0) is 17.6. The molecule has 2 N–H and O–H groups in total. The fraction of sp³-hybridized carbons (Fsp3) is 0.381. The summed E-state index contributed by atoms with van der Waals surface area (Å²) in [7, 11) is 0. The SMILES string of the molecule is CC(NCc1cccc(CN2CCCC2=O)c1)c1cccc(CO)c1. The minimum Gasteiger partial charge on any atom is -0.392 e. The van der Waals surface area contributed by atoms with E-state index in [1.165, 1.54) is 16.7 Å². The van der Waals surface area contributed by atoms with Gasteiger partial charge >= 0.3 is 0 Å². The molecule has 0 bridgehead atoms. The van der Waals surface area contributed by atoms with Crippen molar-refractivity contribution < 1.29 is 9.90 Å². The molecule has 3 rings (SSSR count). The Balaban J connectivity index is 1.59. The minimum absolute atomic E-state index is 0.0673. The number of amides is 1. The van der Waals surface area contributed by atoms with Crippen LogP contribution >= 0.6 is 0 Å². The number of nitrogens with one attached hydrogen (secondary N) is 1. The summed E-state index contributed by atoms with van der Waals surface area (Å²) in [5.74, 6) is 0.265. The van der Waals surface area contributed by atoms with Gasteiger partial charge in [0.2, 0.25) is 5.91 Å². The van der Waals surface area contributed by atoms with E-state index in [0.29, 0.717) is 13.0 Å².